The number of fused-ring (bicyclic) bond motifs is 3. The molecule has 2 atom stereocenters. The van der Waals surface area contributed by atoms with E-state index in [1.807, 2.05) is 24.4 Å². The lowest BCUT2D eigenvalue weighted by Gasteiger charge is -2.35. The van der Waals surface area contributed by atoms with Crippen LogP contribution in [0, 0.1) is 0 Å². The van der Waals surface area contributed by atoms with Crippen molar-refractivity contribution in [1.29, 1.82) is 0 Å². The van der Waals surface area contributed by atoms with Crippen LogP contribution in [0.5, 0.6) is 0 Å². The van der Waals surface area contributed by atoms with Gasteiger partial charge in [-0.05, 0) is 42.3 Å². The number of aromatic amines is 1. The Bertz CT molecular complexity index is 1190. The van der Waals surface area contributed by atoms with E-state index in [2.05, 4.69) is 62.2 Å². The van der Waals surface area contributed by atoms with Gasteiger partial charge in [-0.1, -0.05) is 41.9 Å². The molecule has 1 N–H and O–H groups in total. The number of hydrogen-bond donors (Lipinski definition) is 1. The van der Waals surface area contributed by atoms with Crippen LogP contribution < -0.4 is 4.90 Å². The molecular weight excluding hydrogens is 394 g/mol. The molecule has 6 heteroatoms. The Morgan fingerprint density at radius 2 is 1.90 bits per heavy atom. The third-order valence-corrected chi connectivity index (χ3v) is 6.58. The lowest BCUT2D eigenvalue weighted by molar-refractivity contribution is 0.230. The minimum Gasteiger partial charge on any atom is -0.351 e. The van der Waals surface area contributed by atoms with E-state index in [1.165, 1.54) is 12.0 Å². The second-order valence-electron chi connectivity index (χ2n) is 8.26. The first-order valence-corrected chi connectivity index (χ1v) is 10.8. The average Bonchev–Trinajstić information content (AvgIpc) is 3.48. The molecular formula is C24H22ClN5. The summed E-state index contributed by atoms with van der Waals surface area (Å²) >= 11 is 6.08. The maximum absolute atomic E-state index is 6.08. The van der Waals surface area contributed by atoms with Gasteiger partial charge in [-0.15, -0.1) is 0 Å². The largest absolute Gasteiger partial charge is 0.351 e. The summed E-state index contributed by atoms with van der Waals surface area (Å²) in [4.78, 5) is 17.9. The van der Waals surface area contributed by atoms with Crippen LogP contribution >= 0.6 is 11.6 Å². The van der Waals surface area contributed by atoms with Crippen molar-refractivity contribution in [3.63, 3.8) is 0 Å². The highest BCUT2D eigenvalue weighted by molar-refractivity contribution is 6.31. The van der Waals surface area contributed by atoms with Gasteiger partial charge in [0, 0.05) is 48.5 Å². The van der Waals surface area contributed by atoms with E-state index >= 15 is 0 Å². The van der Waals surface area contributed by atoms with Crippen LogP contribution in [-0.2, 0) is 6.54 Å². The van der Waals surface area contributed by atoms with Gasteiger partial charge in [0.25, 0.3) is 0 Å². The summed E-state index contributed by atoms with van der Waals surface area (Å²) in [6.45, 7) is 3.19. The number of hydrogen-bond acceptors (Lipinski definition) is 4. The van der Waals surface area contributed by atoms with Crippen molar-refractivity contribution in [1.82, 2.24) is 19.9 Å². The number of anilines is 1. The molecule has 2 aromatic heterocycles. The van der Waals surface area contributed by atoms with Gasteiger partial charge in [-0.3, -0.25) is 4.90 Å². The zero-order chi connectivity index (χ0) is 20.1. The van der Waals surface area contributed by atoms with Gasteiger partial charge in [0.2, 0.25) is 0 Å². The number of rotatable bonds is 4. The van der Waals surface area contributed by atoms with Gasteiger partial charge in [-0.25, -0.2) is 9.97 Å². The summed E-state index contributed by atoms with van der Waals surface area (Å²) in [5.74, 6) is 1.88. The highest BCUT2D eigenvalue weighted by atomic mass is 35.5. The zero-order valence-corrected chi connectivity index (χ0v) is 17.3. The monoisotopic (exact) mass is 415 g/mol. The van der Waals surface area contributed by atoms with E-state index in [1.54, 1.807) is 0 Å². The van der Waals surface area contributed by atoms with Crippen molar-refractivity contribution in [3.8, 4) is 11.4 Å². The molecule has 5 nitrogen and oxygen atoms in total. The summed E-state index contributed by atoms with van der Waals surface area (Å²) in [5.41, 5.74) is 4.23. The highest BCUT2D eigenvalue weighted by Gasteiger charge is 2.43. The van der Waals surface area contributed by atoms with Crippen LogP contribution in [0.4, 0.5) is 5.82 Å². The molecule has 2 bridgehead atoms. The number of benzene rings is 2. The van der Waals surface area contributed by atoms with Gasteiger partial charge in [0.15, 0.2) is 0 Å². The van der Waals surface area contributed by atoms with Crippen molar-refractivity contribution in [2.75, 3.05) is 18.0 Å². The molecule has 4 aromatic rings. The first kappa shape index (κ1) is 17.9. The molecule has 0 unspecified atom stereocenters. The average molecular weight is 416 g/mol. The summed E-state index contributed by atoms with van der Waals surface area (Å²) in [5, 5.41) is 0.705. The molecule has 6 rings (SSSR count). The molecule has 150 valence electrons. The van der Waals surface area contributed by atoms with Crippen LogP contribution in [0.15, 0.2) is 66.9 Å². The Balaban J connectivity index is 1.17. The standard InChI is InChI=1S/C24H22ClN5/c25-18-7-8-21-22(10-18)28-24(27-21)17-6-9-23(26-12-17)30-15-19-11-20(30)14-29(19)13-16-4-2-1-3-5-16/h1-10,12,19-20H,11,13-15H2,(H,27,28)/t19-,20-/m0/s1. The normalized spacial score (nSPS) is 21.0. The van der Waals surface area contributed by atoms with Gasteiger partial charge in [0.05, 0.1) is 11.0 Å². The molecule has 0 aliphatic carbocycles. The molecule has 2 aliphatic heterocycles. The molecule has 4 heterocycles. The molecule has 2 fully saturated rings. The fraction of sp³-hybridized carbons (Fsp3) is 0.250. The maximum atomic E-state index is 6.08. The molecule has 0 spiro atoms. The first-order valence-electron chi connectivity index (χ1n) is 10.4. The van der Waals surface area contributed by atoms with Crippen molar-refractivity contribution < 1.29 is 0 Å². The first-order chi connectivity index (χ1) is 14.7. The number of nitrogens with zero attached hydrogens (tertiary/aromatic N) is 4. The molecule has 2 aromatic carbocycles. The molecule has 0 radical (unpaired) electrons. The maximum Gasteiger partial charge on any atom is 0.140 e. The summed E-state index contributed by atoms with van der Waals surface area (Å²) in [6, 6.07) is 21.8. The molecule has 2 saturated heterocycles. The van der Waals surface area contributed by atoms with Crippen molar-refractivity contribution in [3.05, 3.63) is 77.4 Å². The topological polar surface area (TPSA) is 48.1 Å². The smallest absolute Gasteiger partial charge is 0.140 e. The highest BCUT2D eigenvalue weighted by Crippen LogP contribution is 2.35. The van der Waals surface area contributed by atoms with Crippen LogP contribution in [0.25, 0.3) is 22.4 Å². The fourth-order valence-electron chi connectivity index (χ4n) is 4.86. The van der Waals surface area contributed by atoms with Gasteiger partial charge >= 0.3 is 0 Å². The SMILES string of the molecule is Clc1ccc2nc(-c3ccc(N4C[C@@H]5C[C@H]4CN5Cc4ccccc4)nc3)[nH]c2c1. The van der Waals surface area contributed by atoms with Crippen molar-refractivity contribution in [2.45, 2.75) is 25.0 Å². The second kappa shape index (κ2) is 7.11. The Morgan fingerprint density at radius 1 is 1.00 bits per heavy atom. The van der Waals surface area contributed by atoms with Gasteiger partial charge in [-0.2, -0.15) is 0 Å². The number of pyridine rings is 1. The number of H-pyrrole nitrogens is 1. The second-order valence-corrected chi connectivity index (χ2v) is 8.70. The third kappa shape index (κ3) is 3.15. The van der Waals surface area contributed by atoms with Crippen LogP contribution in [0.2, 0.25) is 5.02 Å². The van der Waals surface area contributed by atoms with E-state index in [0.29, 0.717) is 17.1 Å². The molecule has 0 saturated carbocycles. The van der Waals surface area contributed by atoms with Gasteiger partial charge < -0.3 is 9.88 Å². The number of likely N-dealkylation sites (tertiary alicyclic amines) is 1. The number of nitrogens with one attached hydrogen (secondary N) is 1. The quantitative estimate of drug-likeness (QED) is 0.523. The predicted octanol–water partition coefficient (Wildman–Crippen LogP) is 4.74. The predicted molar refractivity (Wildman–Crippen MR) is 121 cm³/mol. The van der Waals surface area contributed by atoms with Gasteiger partial charge in [0.1, 0.15) is 11.6 Å². The summed E-state index contributed by atoms with van der Waals surface area (Å²) in [6.07, 6.45) is 3.14. The molecule has 0 amide bonds. The number of halogens is 1. The van der Waals surface area contributed by atoms with E-state index in [9.17, 15) is 0 Å². The lowest BCUT2D eigenvalue weighted by Crippen LogP contribution is -2.46. The Kier molecular flexibility index (Phi) is 4.25. The Labute approximate surface area is 180 Å². The van der Waals surface area contributed by atoms with E-state index < -0.39 is 0 Å². The van der Waals surface area contributed by atoms with Crippen LogP contribution in [-0.4, -0.2) is 45.0 Å². The molecule has 2 aliphatic rings. The van der Waals surface area contributed by atoms with E-state index in [0.717, 1.165) is 47.9 Å². The van der Waals surface area contributed by atoms with Crippen LogP contribution in [0.1, 0.15) is 12.0 Å². The molecule has 30 heavy (non-hydrogen) atoms. The third-order valence-electron chi connectivity index (χ3n) is 6.34. The number of piperazine rings is 1. The number of imidazole rings is 1. The minimum atomic E-state index is 0.547. The van der Waals surface area contributed by atoms with Crippen molar-refractivity contribution >= 4 is 28.5 Å². The lowest BCUT2D eigenvalue weighted by atomic mass is 10.2. The Hall–Kier alpha value is -2.89. The zero-order valence-electron chi connectivity index (χ0n) is 16.5. The van der Waals surface area contributed by atoms with E-state index in [4.69, 9.17) is 16.6 Å². The summed E-state index contributed by atoms with van der Waals surface area (Å²) < 4.78 is 0. The fourth-order valence-corrected chi connectivity index (χ4v) is 5.03. The number of aromatic nitrogens is 3. The minimum absolute atomic E-state index is 0.547. The van der Waals surface area contributed by atoms with Crippen molar-refractivity contribution in [2.24, 2.45) is 0 Å². The van der Waals surface area contributed by atoms with Crippen LogP contribution in [0.3, 0.4) is 0 Å². The summed E-state index contributed by atoms with van der Waals surface area (Å²) in [7, 11) is 0. The van der Waals surface area contributed by atoms with E-state index in [-0.39, 0.29) is 0 Å². The Morgan fingerprint density at radius 3 is 2.67 bits per heavy atom.